The molecular weight excluding hydrogens is 392 g/mol. The molecule has 2 aromatic rings. The van der Waals surface area contributed by atoms with Crippen LogP contribution in [-0.4, -0.2) is 68.7 Å². The van der Waals surface area contributed by atoms with Crippen molar-refractivity contribution >= 4 is 17.5 Å². The van der Waals surface area contributed by atoms with E-state index in [0.29, 0.717) is 22.8 Å². The zero-order valence-corrected chi connectivity index (χ0v) is 15.7. The first-order valence-corrected chi connectivity index (χ1v) is 9.11. The monoisotopic (exact) mass is 412 g/mol. The van der Waals surface area contributed by atoms with Crippen molar-refractivity contribution in [3.63, 3.8) is 0 Å². The number of halogens is 1. The molecule has 0 unspecified atom stereocenters. The summed E-state index contributed by atoms with van der Waals surface area (Å²) in [5.74, 6) is -0.392. The molecule has 28 heavy (non-hydrogen) atoms. The number of nitrogens with zero attached hydrogens (tertiary/aromatic N) is 1. The average Bonchev–Trinajstić information content (AvgIpc) is 3.12. The molecule has 1 aliphatic rings. The standard InChI is InChI=1S/C18H21ClN2O7/c1-2-10-12(13(21-28-10)8-5-3-4-6-9(8)19)17(25)20-14-16(24)15(23)11(7-22)27-18(14)26/h3-6,11,14-16,18,22-24,26H,2,7H2,1H3,(H,20,25)/t11-,14-,15-,16-,18-/m1/s1. The highest BCUT2D eigenvalue weighted by Crippen LogP contribution is 2.32. The van der Waals surface area contributed by atoms with Gasteiger partial charge in [-0.2, -0.15) is 0 Å². The molecule has 10 heteroatoms. The van der Waals surface area contributed by atoms with Gasteiger partial charge in [-0.3, -0.25) is 4.79 Å². The van der Waals surface area contributed by atoms with Gasteiger partial charge in [-0.15, -0.1) is 0 Å². The third kappa shape index (κ3) is 3.77. The molecule has 1 fully saturated rings. The van der Waals surface area contributed by atoms with E-state index in [0.717, 1.165) is 0 Å². The molecule has 0 saturated carbocycles. The SMILES string of the molecule is CCc1onc(-c2ccccc2Cl)c1C(=O)N[C@@H]1[C@@H](O)[C@H](O)[C@@H](CO)O[C@H]1O. The number of amides is 1. The van der Waals surface area contributed by atoms with Crippen LogP contribution in [0.1, 0.15) is 23.0 Å². The Bertz CT molecular complexity index is 843. The Balaban J connectivity index is 1.91. The van der Waals surface area contributed by atoms with Crippen LogP contribution in [0.2, 0.25) is 5.02 Å². The Morgan fingerprint density at radius 1 is 1.25 bits per heavy atom. The van der Waals surface area contributed by atoms with Crippen LogP contribution < -0.4 is 5.32 Å². The van der Waals surface area contributed by atoms with Gasteiger partial charge < -0.3 is 35.0 Å². The molecule has 3 rings (SSSR count). The van der Waals surface area contributed by atoms with Crippen LogP contribution in [0.3, 0.4) is 0 Å². The van der Waals surface area contributed by atoms with Crippen molar-refractivity contribution in [2.45, 2.75) is 44.0 Å². The minimum atomic E-state index is -1.63. The van der Waals surface area contributed by atoms with Crippen LogP contribution in [0.4, 0.5) is 0 Å². The van der Waals surface area contributed by atoms with Crippen molar-refractivity contribution in [2.24, 2.45) is 0 Å². The van der Waals surface area contributed by atoms with E-state index in [1.54, 1.807) is 31.2 Å². The molecule has 1 saturated heterocycles. The molecule has 1 amide bonds. The molecule has 1 aromatic carbocycles. The summed E-state index contributed by atoms with van der Waals surface area (Å²) < 4.78 is 10.3. The number of hydrogen-bond acceptors (Lipinski definition) is 8. The smallest absolute Gasteiger partial charge is 0.257 e. The minimum Gasteiger partial charge on any atom is -0.394 e. The van der Waals surface area contributed by atoms with Gasteiger partial charge in [-0.1, -0.05) is 41.9 Å². The maximum Gasteiger partial charge on any atom is 0.257 e. The van der Waals surface area contributed by atoms with Crippen molar-refractivity contribution in [3.8, 4) is 11.3 Å². The average molecular weight is 413 g/mol. The zero-order valence-electron chi connectivity index (χ0n) is 14.9. The third-order valence-corrected chi connectivity index (χ3v) is 4.97. The molecule has 0 radical (unpaired) electrons. The Hall–Kier alpha value is -2.01. The van der Waals surface area contributed by atoms with Gasteiger partial charge in [0.05, 0.1) is 11.6 Å². The molecule has 1 aromatic heterocycles. The first-order valence-electron chi connectivity index (χ1n) is 8.73. The summed E-state index contributed by atoms with van der Waals surface area (Å²) in [5.41, 5.74) is 0.808. The van der Waals surface area contributed by atoms with Crippen molar-refractivity contribution in [1.29, 1.82) is 0 Å². The Morgan fingerprint density at radius 2 is 1.96 bits per heavy atom. The van der Waals surface area contributed by atoms with Crippen LogP contribution >= 0.6 is 11.6 Å². The van der Waals surface area contributed by atoms with Crippen molar-refractivity contribution in [1.82, 2.24) is 10.5 Å². The van der Waals surface area contributed by atoms with E-state index >= 15 is 0 Å². The molecule has 9 nitrogen and oxygen atoms in total. The second-order valence-electron chi connectivity index (χ2n) is 6.39. The van der Waals surface area contributed by atoms with E-state index < -0.39 is 43.2 Å². The summed E-state index contributed by atoms with van der Waals surface area (Å²) in [6.45, 7) is 1.18. The van der Waals surface area contributed by atoms with Gasteiger partial charge in [-0.05, 0) is 6.07 Å². The van der Waals surface area contributed by atoms with Crippen LogP contribution in [0.15, 0.2) is 28.8 Å². The number of aliphatic hydroxyl groups is 4. The number of hydrogen-bond donors (Lipinski definition) is 5. The Labute approximate surface area is 165 Å². The van der Waals surface area contributed by atoms with E-state index in [1.807, 2.05) is 0 Å². The van der Waals surface area contributed by atoms with Gasteiger partial charge in [-0.25, -0.2) is 0 Å². The Kier molecular flexibility index (Phi) is 6.33. The van der Waals surface area contributed by atoms with Crippen LogP contribution in [-0.2, 0) is 11.2 Å². The number of carbonyl (C=O) groups is 1. The molecule has 5 atom stereocenters. The summed E-state index contributed by atoms with van der Waals surface area (Å²) in [4.78, 5) is 12.9. The Morgan fingerprint density at radius 3 is 2.61 bits per heavy atom. The van der Waals surface area contributed by atoms with E-state index in [2.05, 4.69) is 10.5 Å². The zero-order chi connectivity index (χ0) is 20.4. The fraction of sp³-hybridized carbons (Fsp3) is 0.444. The highest BCUT2D eigenvalue weighted by Gasteiger charge is 2.44. The maximum atomic E-state index is 12.9. The van der Waals surface area contributed by atoms with Crippen molar-refractivity contribution in [2.75, 3.05) is 6.61 Å². The van der Waals surface area contributed by atoms with E-state index in [9.17, 15) is 20.1 Å². The summed E-state index contributed by atoms with van der Waals surface area (Å²) in [6, 6.07) is 5.46. The summed E-state index contributed by atoms with van der Waals surface area (Å²) in [7, 11) is 0. The van der Waals surface area contributed by atoms with Gasteiger partial charge in [0.25, 0.3) is 5.91 Å². The number of aliphatic hydroxyl groups excluding tert-OH is 4. The normalized spacial score (nSPS) is 27.6. The predicted octanol–water partition coefficient (Wildman–Crippen LogP) is 0.0871. The second-order valence-corrected chi connectivity index (χ2v) is 6.80. The molecule has 5 N–H and O–H groups in total. The van der Waals surface area contributed by atoms with Gasteiger partial charge in [0.15, 0.2) is 6.29 Å². The van der Waals surface area contributed by atoms with Crippen molar-refractivity contribution < 1.29 is 34.5 Å². The van der Waals surface area contributed by atoms with Gasteiger partial charge in [0.2, 0.25) is 0 Å². The highest BCUT2D eigenvalue weighted by atomic mass is 35.5. The van der Waals surface area contributed by atoms with Crippen LogP contribution in [0, 0.1) is 0 Å². The summed E-state index contributed by atoms with van der Waals surface area (Å²) in [6.07, 6.45) is -5.48. The summed E-state index contributed by atoms with van der Waals surface area (Å²) >= 11 is 6.21. The van der Waals surface area contributed by atoms with E-state index in [1.165, 1.54) is 0 Å². The fourth-order valence-corrected chi connectivity index (χ4v) is 3.34. The topological polar surface area (TPSA) is 145 Å². The molecule has 2 heterocycles. The molecule has 0 spiro atoms. The first-order chi connectivity index (χ1) is 13.4. The first kappa shape index (κ1) is 20.7. The molecule has 0 bridgehead atoms. The molecule has 1 aliphatic heterocycles. The summed E-state index contributed by atoms with van der Waals surface area (Å²) in [5, 5.41) is 46.2. The number of aryl methyl sites for hydroxylation is 1. The quantitative estimate of drug-likeness (QED) is 0.464. The fourth-order valence-electron chi connectivity index (χ4n) is 3.11. The maximum absolute atomic E-state index is 12.9. The van der Waals surface area contributed by atoms with Gasteiger partial charge in [0, 0.05) is 12.0 Å². The third-order valence-electron chi connectivity index (χ3n) is 4.64. The number of benzene rings is 1. The van der Waals surface area contributed by atoms with Crippen molar-refractivity contribution in [3.05, 3.63) is 40.6 Å². The predicted molar refractivity (Wildman–Crippen MR) is 97.6 cm³/mol. The second kappa shape index (κ2) is 8.56. The van der Waals surface area contributed by atoms with Gasteiger partial charge >= 0.3 is 0 Å². The molecular formula is C18H21ClN2O7. The lowest BCUT2D eigenvalue weighted by molar-refractivity contribution is -0.252. The molecule has 152 valence electrons. The van der Waals surface area contributed by atoms with E-state index in [-0.39, 0.29) is 11.3 Å². The number of aromatic nitrogens is 1. The number of nitrogens with one attached hydrogen (secondary N) is 1. The largest absolute Gasteiger partial charge is 0.394 e. The highest BCUT2D eigenvalue weighted by molar-refractivity contribution is 6.33. The van der Waals surface area contributed by atoms with Crippen LogP contribution in [0.5, 0.6) is 0 Å². The number of rotatable bonds is 5. The molecule has 0 aliphatic carbocycles. The van der Waals surface area contributed by atoms with Crippen LogP contribution in [0.25, 0.3) is 11.3 Å². The lowest BCUT2D eigenvalue weighted by Crippen LogP contribution is -2.64. The number of carbonyl (C=O) groups excluding carboxylic acids is 1. The number of ether oxygens (including phenoxy) is 1. The van der Waals surface area contributed by atoms with Gasteiger partial charge in [0.1, 0.15) is 41.4 Å². The lowest BCUT2D eigenvalue weighted by atomic mass is 9.96. The lowest BCUT2D eigenvalue weighted by Gasteiger charge is -2.40. The van der Waals surface area contributed by atoms with E-state index in [4.69, 9.17) is 26.0 Å². The minimum absolute atomic E-state index is 0.105.